The van der Waals surface area contributed by atoms with Gasteiger partial charge in [-0.2, -0.15) is 0 Å². The third-order valence-corrected chi connectivity index (χ3v) is 4.55. The van der Waals surface area contributed by atoms with Crippen LogP contribution in [0.1, 0.15) is 72.6 Å². The molecule has 0 spiro atoms. The summed E-state index contributed by atoms with van der Waals surface area (Å²) in [5, 5.41) is 3.66. The Balaban J connectivity index is 2.55. The van der Waals surface area contributed by atoms with Crippen LogP contribution in [0.25, 0.3) is 0 Å². The Morgan fingerprint density at radius 3 is 2.58 bits per heavy atom. The molecule has 0 saturated carbocycles. The summed E-state index contributed by atoms with van der Waals surface area (Å²) in [5.41, 5.74) is 0.400. The number of hydrogen-bond donors (Lipinski definition) is 1. The standard InChI is InChI=1S/C17H35NO/c1-5-7-9-16(6-2)12-17(13-18-15(3)4)10-8-11-19-14-17/h15-16,18H,5-14H2,1-4H3. The van der Waals surface area contributed by atoms with Crippen molar-refractivity contribution in [3.63, 3.8) is 0 Å². The van der Waals surface area contributed by atoms with E-state index in [2.05, 4.69) is 33.0 Å². The molecule has 1 N–H and O–H groups in total. The summed E-state index contributed by atoms with van der Waals surface area (Å²) in [6.45, 7) is 12.2. The second kappa shape index (κ2) is 8.97. The van der Waals surface area contributed by atoms with E-state index in [1.165, 1.54) is 44.9 Å². The molecule has 0 amide bonds. The van der Waals surface area contributed by atoms with Crippen LogP contribution < -0.4 is 5.32 Å². The maximum absolute atomic E-state index is 5.83. The molecule has 2 heteroatoms. The zero-order valence-electron chi connectivity index (χ0n) is 13.6. The normalized spacial score (nSPS) is 25.7. The second-order valence-electron chi connectivity index (χ2n) is 6.81. The second-order valence-corrected chi connectivity index (χ2v) is 6.81. The average molecular weight is 269 g/mol. The minimum absolute atomic E-state index is 0.400. The Morgan fingerprint density at radius 1 is 1.26 bits per heavy atom. The summed E-state index contributed by atoms with van der Waals surface area (Å²) in [6, 6.07) is 0.578. The van der Waals surface area contributed by atoms with E-state index in [9.17, 15) is 0 Å². The van der Waals surface area contributed by atoms with Crippen molar-refractivity contribution in [1.29, 1.82) is 0 Å². The number of unbranched alkanes of at least 4 members (excludes halogenated alkanes) is 1. The van der Waals surface area contributed by atoms with E-state index < -0.39 is 0 Å². The Morgan fingerprint density at radius 2 is 2.05 bits per heavy atom. The summed E-state index contributed by atoms with van der Waals surface area (Å²) in [7, 11) is 0. The van der Waals surface area contributed by atoms with E-state index >= 15 is 0 Å². The molecule has 1 saturated heterocycles. The molecule has 0 aromatic heterocycles. The Hall–Kier alpha value is -0.0800. The fourth-order valence-corrected chi connectivity index (χ4v) is 3.26. The van der Waals surface area contributed by atoms with Crippen LogP contribution in [0.15, 0.2) is 0 Å². The molecule has 19 heavy (non-hydrogen) atoms. The van der Waals surface area contributed by atoms with Crippen LogP contribution in [-0.2, 0) is 4.74 Å². The third kappa shape index (κ3) is 6.27. The molecule has 2 atom stereocenters. The first kappa shape index (κ1) is 17.0. The zero-order chi connectivity index (χ0) is 14.1. The van der Waals surface area contributed by atoms with E-state index in [-0.39, 0.29) is 0 Å². The van der Waals surface area contributed by atoms with Crippen LogP contribution in [-0.4, -0.2) is 25.8 Å². The molecule has 0 bridgehead atoms. The summed E-state index contributed by atoms with van der Waals surface area (Å²) in [4.78, 5) is 0. The maximum atomic E-state index is 5.83. The predicted molar refractivity (Wildman–Crippen MR) is 83.5 cm³/mol. The number of ether oxygens (including phenoxy) is 1. The van der Waals surface area contributed by atoms with Crippen molar-refractivity contribution >= 4 is 0 Å². The van der Waals surface area contributed by atoms with Gasteiger partial charge in [0.15, 0.2) is 0 Å². The van der Waals surface area contributed by atoms with Gasteiger partial charge in [-0.1, -0.05) is 53.4 Å². The van der Waals surface area contributed by atoms with Crippen molar-refractivity contribution in [3.8, 4) is 0 Å². The molecular formula is C17H35NO. The smallest absolute Gasteiger partial charge is 0.0534 e. The highest BCUT2D eigenvalue weighted by Crippen LogP contribution is 2.37. The van der Waals surface area contributed by atoms with Gasteiger partial charge in [-0.25, -0.2) is 0 Å². The SMILES string of the molecule is CCCCC(CC)CC1(CNC(C)C)CCCOC1. The summed E-state index contributed by atoms with van der Waals surface area (Å²) >= 11 is 0. The van der Waals surface area contributed by atoms with Crippen molar-refractivity contribution in [2.45, 2.75) is 78.7 Å². The Labute approximate surface area is 120 Å². The monoisotopic (exact) mass is 269 g/mol. The number of nitrogens with one attached hydrogen (secondary N) is 1. The van der Waals surface area contributed by atoms with Crippen molar-refractivity contribution in [1.82, 2.24) is 5.32 Å². The fraction of sp³-hybridized carbons (Fsp3) is 1.00. The van der Waals surface area contributed by atoms with Gasteiger partial charge in [-0.05, 0) is 25.2 Å². The van der Waals surface area contributed by atoms with Crippen molar-refractivity contribution < 1.29 is 4.74 Å². The molecule has 2 unspecified atom stereocenters. The lowest BCUT2D eigenvalue weighted by atomic mass is 9.73. The van der Waals surface area contributed by atoms with E-state index in [1.807, 2.05) is 0 Å². The zero-order valence-corrected chi connectivity index (χ0v) is 13.6. The molecule has 2 nitrogen and oxygen atoms in total. The van der Waals surface area contributed by atoms with Crippen LogP contribution in [0.2, 0.25) is 0 Å². The van der Waals surface area contributed by atoms with Crippen LogP contribution in [0.5, 0.6) is 0 Å². The Kier molecular flexibility index (Phi) is 8.01. The van der Waals surface area contributed by atoms with Gasteiger partial charge in [0.1, 0.15) is 0 Å². The summed E-state index contributed by atoms with van der Waals surface area (Å²) < 4.78 is 5.83. The fourth-order valence-electron chi connectivity index (χ4n) is 3.26. The topological polar surface area (TPSA) is 21.3 Å². The number of hydrogen-bond acceptors (Lipinski definition) is 2. The highest BCUT2D eigenvalue weighted by Gasteiger charge is 2.34. The van der Waals surface area contributed by atoms with E-state index in [1.54, 1.807) is 0 Å². The van der Waals surface area contributed by atoms with Gasteiger partial charge in [0.25, 0.3) is 0 Å². The number of rotatable bonds is 9. The van der Waals surface area contributed by atoms with Gasteiger partial charge < -0.3 is 10.1 Å². The molecule has 1 aliphatic heterocycles. The third-order valence-electron chi connectivity index (χ3n) is 4.55. The van der Waals surface area contributed by atoms with E-state index in [0.717, 1.165) is 25.7 Å². The van der Waals surface area contributed by atoms with E-state index in [0.29, 0.717) is 11.5 Å². The lowest BCUT2D eigenvalue weighted by molar-refractivity contribution is -0.0225. The minimum Gasteiger partial charge on any atom is -0.381 e. The summed E-state index contributed by atoms with van der Waals surface area (Å²) in [5.74, 6) is 0.885. The highest BCUT2D eigenvalue weighted by atomic mass is 16.5. The average Bonchev–Trinajstić information content (AvgIpc) is 2.42. The van der Waals surface area contributed by atoms with E-state index in [4.69, 9.17) is 4.74 Å². The summed E-state index contributed by atoms with van der Waals surface area (Å²) in [6.07, 6.45) is 9.36. The van der Waals surface area contributed by atoms with Gasteiger partial charge >= 0.3 is 0 Å². The lowest BCUT2D eigenvalue weighted by Crippen LogP contribution is -2.44. The molecule has 0 radical (unpaired) electrons. The van der Waals surface area contributed by atoms with Crippen LogP contribution in [0, 0.1) is 11.3 Å². The molecule has 1 aliphatic rings. The largest absolute Gasteiger partial charge is 0.381 e. The van der Waals surface area contributed by atoms with Crippen LogP contribution >= 0.6 is 0 Å². The van der Waals surface area contributed by atoms with Gasteiger partial charge in [-0.3, -0.25) is 0 Å². The van der Waals surface area contributed by atoms with Crippen molar-refractivity contribution in [2.75, 3.05) is 19.8 Å². The molecule has 0 aromatic rings. The first-order valence-corrected chi connectivity index (χ1v) is 8.43. The molecule has 1 heterocycles. The molecule has 0 aliphatic carbocycles. The highest BCUT2D eigenvalue weighted by molar-refractivity contribution is 4.86. The first-order chi connectivity index (χ1) is 9.12. The maximum Gasteiger partial charge on any atom is 0.0534 e. The van der Waals surface area contributed by atoms with Gasteiger partial charge in [0.05, 0.1) is 6.61 Å². The minimum atomic E-state index is 0.400. The molecular weight excluding hydrogens is 234 g/mol. The van der Waals surface area contributed by atoms with Gasteiger partial charge in [0, 0.05) is 24.6 Å². The Bertz CT molecular complexity index is 221. The molecule has 1 fully saturated rings. The van der Waals surface area contributed by atoms with Crippen molar-refractivity contribution in [3.05, 3.63) is 0 Å². The van der Waals surface area contributed by atoms with Crippen LogP contribution in [0.4, 0.5) is 0 Å². The molecule has 1 rings (SSSR count). The molecule has 0 aromatic carbocycles. The predicted octanol–water partition coefficient (Wildman–Crippen LogP) is 4.39. The quantitative estimate of drug-likeness (QED) is 0.670. The van der Waals surface area contributed by atoms with Gasteiger partial charge in [0.2, 0.25) is 0 Å². The van der Waals surface area contributed by atoms with Gasteiger partial charge in [-0.15, -0.1) is 0 Å². The van der Waals surface area contributed by atoms with Crippen LogP contribution in [0.3, 0.4) is 0 Å². The molecule has 114 valence electrons. The first-order valence-electron chi connectivity index (χ1n) is 8.43. The van der Waals surface area contributed by atoms with Crippen molar-refractivity contribution in [2.24, 2.45) is 11.3 Å². The lowest BCUT2D eigenvalue weighted by Gasteiger charge is -2.40.